The summed E-state index contributed by atoms with van der Waals surface area (Å²) in [6.07, 6.45) is 3.46. The van der Waals surface area contributed by atoms with Gasteiger partial charge in [-0.25, -0.2) is 4.98 Å². The smallest absolute Gasteiger partial charge is 0.0944 e. The third-order valence-corrected chi connectivity index (χ3v) is 4.31. The Labute approximate surface area is 128 Å². The standard InChI is InChI=1S/C16H30N2OS/c1-7-8-17-13(9-12(2)19-6)10-15-18-14(11-20-15)16(3,4)5/h11-13,17H,7-10H2,1-6H3. The lowest BCUT2D eigenvalue weighted by atomic mass is 9.93. The van der Waals surface area contributed by atoms with E-state index in [1.165, 1.54) is 10.7 Å². The van der Waals surface area contributed by atoms with E-state index in [1.807, 2.05) is 0 Å². The van der Waals surface area contributed by atoms with E-state index in [2.05, 4.69) is 45.3 Å². The molecule has 0 aliphatic carbocycles. The largest absolute Gasteiger partial charge is 0.382 e. The summed E-state index contributed by atoms with van der Waals surface area (Å²) in [5.74, 6) is 0. The average molecular weight is 298 g/mol. The van der Waals surface area contributed by atoms with Gasteiger partial charge >= 0.3 is 0 Å². The van der Waals surface area contributed by atoms with Gasteiger partial charge in [0, 0.05) is 30.4 Å². The van der Waals surface area contributed by atoms with Crippen LogP contribution in [0.2, 0.25) is 0 Å². The molecule has 1 aromatic rings. The van der Waals surface area contributed by atoms with Crippen LogP contribution < -0.4 is 5.32 Å². The molecule has 4 heteroatoms. The minimum absolute atomic E-state index is 0.140. The highest BCUT2D eigenvalue weighted by Gasteiger charge is 2.19. The van der Waals surface area contributed by atoms with Gasteiger partial charge in [0.2, 0.25) is 0 Å². The number of nitrogens with zero attached hydrogens (tertiary/aromatic N) is 1. The first kappa shape index (κ1) is 17.6. The molecule has 1 N–H and O–H groups in total. The Morgan fingerprint density at radius 3 is 2.60 bits per heavy atom. The lowest BCUT2D eigenvalue weighted by molar-refractivity contribution is 0.100. The highest BCUT2D eigenvalue weighted by molar-refractivity contribution is 7.09. The van der Waals surface area contributed by atoms with Crippen molar-refractivity contribution in [2.45, 2.75) is 71.4 Å². The van der Waals surface area contributed by atoms with Gasteiger partial charge in [-0.05, 0) is 26.3 Å². The molecule has 0 aliphatic rings. The Balaban J connectivity index is 2.65. The normalized spacial score (nSPS) is 15.3. The molecule has 2 unspecified atom stereocenters. The maximum atomic E-state index is 5.40. The second-order valence-electron chi connectivity index (χ2n) is 6.51. The van der Waals surface area contributed by atoms with E-state index in [4.69, 9.17) is 9.72 Å². The summed E-state index contributed by atoms with van der Waals surface area (Å²) in [5.41, 5.74) is 1.34. The maximum absolute atomic E-state index is 5.40. The first-order valence-electron chi connectivity index (χ1n) is 7.57. The molecule has 3 nitrogen and oxygen atoms in total. The second kappa shape index (κ2) is 8.11. The van der Waals surface area contributed by atoms with Crippen LogP contribution in [0.5, 0.6) is 0 Å². The van der Waals surface area contributed by atoms with Crippen molar-refractivity contribution in [3.8, 4) is 0 Å². The van der Waals surface area contributed by atoms with Crippen molar-refractivity contribution in [1.82, 2.24) is 10.3 Å². The molecule has 0 fully saturated rings. The van der Waals surface area contributed by atoms with Crippen LogP contribution in [0.3, 0.4) is 0 Å². The number of nitrogens with one attached hydrogen (secondary N) is 1. The van der Waals surface area contributed by atoms with Crippen LogP contribution in [0, 0.1) is 0 Å². The van der Waals surface area contributed by atoms with E-state index in [-0.39, 0.29) is 11.5 Å². The molecule has 1 rings (SSSR count). The van der Waals surface area contributed by atoms with E-state index >= 15 is 0 Å². The van der Waals surface area contributed by atoms with Crippen molar-refractivity contribution in [1.29, 1.82) is 0 Å². The van der Waals surface area contributed by atoms with Crippen LogP contribution in [0.4, 0.5) is 0 Å². The molecule has 20 heavy (non-hydrogen) atoms. The number of aromatic nitrogens is 1. The van der Waals surface area contributed by atoms with E-state index in [1.54, 1.807) is 18.4 Å². The van der Waals surface area contributed by atoms with Crippen molar-refractivity contribution in [3.05, 3.63) is 16.1 Å². The molecule has 0 saturated heterocycles. The van der Waals surface area contributed by atoms with Gasteiger partial charge in [-0.15, -0.1) is 11.3 Å². The first-order chi connectivity index (χ1) is 9.36. The summed E-state index contributed by atoms with van der Waals surface area (Å²) < 4.78 is 5.40. The Morgan fingerprint density at radius 2 is 2.10 bits per heavy atom. The van der Waals surface area contributed by atoms with Gasteiger partial charge in [0.1, 0.15) is 0 Å². The maximum Gasteiger partial charge on any atom is 0.0944 e. The zero-order valence-electron chi connectivity index (χ0n) is 13.8. The van der Waals surface area contributed by atoms with Crippen molar-refractivity contribution in [2.75, 3.05) is 13.7 Å². The molecular weight excluding hydrogens is 268 g/mol. The molecule has 0 bridgehead atoms. The Hall–Kier alpha value is -0.450. The summed E-state index contributed by atoms with van der Waals surface area (Å²) in [6.45, 7) is 12.0. The van der Waals surface area contributed by atoms with E-state index < -0.39 is 0 Å². The average Bonchev–Trinajstić information content (AvgIpc) is 2.84. The Morgan fingerprint density at radius 1 is 1.40 bits per heavy atom. The fraction of sp³-hybridized carbons (Fsp3) is 0.812. The fourth-order valence-electron chi connectivity index (χ4n) is 2.04. The van der Waals surface area contributed by atoms with Gasteiger partial charge in [-0.1, -0.05) is 27.7 Å². The fourth-order valence-corrected chi connectivity index (χ4v) is 3.15. The Bertz CT molecular complexity index is 384. The molecule has 2 atom stereocenters. The number of hydrogen-bond donors (Lipinski definition) is 1. The van der Waals surface area contributed by atoms with Crippen molar-refractivity contribution < 1.29 is 4.74 Å². The number of hydrogen-bond acceptors (Lipinski definition) is 4. The quantitative estimate of drug-likeness (QED) is 0.793. The van der Waals surface area contributed by atoms with Crippen molar-refractivity contribution >= 4 is 11.3 Å². The summed E-state index contributed by atoms with van der Waals surface area (Å²) >= 11 is 1.78. The number of thiazole rings is 1. The molecule has 0 aliphatic heterocycles. The van der Waals surface area contributed by atoms with Gasteiger partial charge in [0.15, 0.2) is 0 Å². The molecule has 0 amide bonds. The summed E-state index contributed by atoms with van der Waals surface area (Å²) in [4.78, 5) is 4.80. The van der Waals surface area contributed by atoms with Crippen molar-refractivity contribution in [2.24, 2.45) is 0 Å². The van der Waals surface area contributed by atoms with Crippen LogP contribution in [0.15, 0.2) is 5.38 Å². The SMILES string of the molecule is CCCNC(Cc1nc(C(C)(C)C)cs1)CC(C)OC. The monoisotopic (exact) mass is 298 g/mol. The zero-order chi connectivity index (χ0) is 15.2. The van der Waals surface area contributed by atoms with Crippen LogP contribution >= 0.6 is 11.3 Å². The molecule has 1 heterocycles. The third kappa shape index (κ3) is 5.90. The van der Waals surface area contributed by atoms with Gasteiger partial charge in [0.05, 0.1) is 16.8 Å². The van der Waals surface area contributed by atoms with Gasteiger partial charge in [0.25, 0.3) is 0 Å². The molecule has 0 saturated carbocycles. The predicted octanol–water partition coefficient (Wildman–Crippen LogP) is 3.78. The van der Waals surface area contributed by atoms with E-state index in [0.29, 0.717) is 6.04 Å². The highest BCUT2D eigenvalue weighted by atomic mass is 32.1. The molecular formula is C16H30N2OS. The van der Waals surface area contributed by atoms with Crippen molar-refractivity contribution in [3.63, 3.8) is 0 Å². The first-order valence-corrected chi connectivity index (χ1v) is 8.45. The summed E-state index contributed by atoms with van der Waals surface area (Å²) in [6, 6.07) is 0.448. The lowest BCUT2D eigenvalue weighted by Gasteiger charge is -2.21. The molecule has 0 aromatic carbocycles. The Kier molecular flexibility index (Phi) is 7.13. The summed E-state index contributed by atoms with van der Waals surface area (Å²) in [7, 11) is 1.78. The van der Waals surface area contributed by atoms with E-state index in [9.17, 15) is 0 Å². The number of methoxy groups -OCH3 is 1. The molecule has 0 spiro atoms. The lowest BCUT2D eigenvalue weighted by Crippen LogP contribution is -2.35. The molecule has 0 radical (unpaired) electrons. The minimum atomic E-state index is 0.140. The molecule has 116 valence electrons. The third-order valence-electron chi connectivity index (χ3n) is 3.44. The number of rotatable bonds is 8. The topological polar surface area (TPSA) is 34.2 Å². The zero-order valence-corrected chi connectivity index (χ0v) is 14.6. The molecule has 1 aromatic heterocycles. The minimum Gasteiger partial charge on any atom is -0.382 e. The van der Waals surface area contributed by atoms with E-state index in [0.717, 1.165) is 25.8 Å². The number of ether oxygens (including phenoxy) is 1. The van der Waals surface area contributed by atoms with Crippen LogP contribution in [0.1, 0.15) is 58.2 Å². The van der Waals surface area contributed by atoms with Crippen LogP contribution in [-0.4, -0.2) is 30.8 Å². The predicted molar refractivity (Wildman–Crippen MR) is 87.7 cm³/mol. The van der Waals surface area contributed by atoms with Gasteiger partial charge in [-0.3, -0.25) is 0 Å². The van der Waals surface area contributed by atoms with Crippen LogP contribution in [-0.2, 0) is 16.6 Å². The van der Waals surface area contributed by atoms with Gasteiger partial charge < -0.3 is 10.1 Å². The summed E-state index contributed by atoms with van der Waals surface area (Å²) in [5, 5.41) is 7.05. The highest BCUT2D eigenvalue weighted by Crippen LogP contribution is 2.24. The van der Waals surface area contributed by atoms with Crippen LogP contribution in [0.25, 0.3) is 0 Å². The second-order valence-corrected chi connectivity index (χ2v) is 7.46. The van der Waals surface area contributed by atoms with Gasteiger partial charge in [-0.2, -0.15) is 0 Å².